The number of halogens is 2. The molecule has 0 aliphatic carbocycles. The number of para-hydroxylation sites is 2. The highest BCUT2D eigenvalue weighted by Crippen LogP contribution is 2.17. The van der Waals surface area contributed by atoms with Crippen molar-refractivity contribution in [2.75, 3.05) is 0 Å². The second kappa shape index (κ2) is 3.52. The van der Waals surface area contributed by atoms with Crippen molar-refractivity contribution in [2.45, 2.75) is 0 Å². The molecule has 5 heteroatoms. The van der Waals surface area contributed by atoms with Crippen LogP contribution in [0.3, 0.4) is 0 Å². The number of hydrogen-bond donors (Lipinski definition) is 0. The van der Waals surface area contributed by atoms with Gasteiger partial charge < -0.3 is 0 Å². The second-order valence-corrected chi connectivity index (χ2v) is 3.33. The third kappa shape index (κ3) is 1.56. The molecule has 0 radical (unpaired) electrons. The van der Waals surface area contributed by atoms with Gasteiger partial charge in [-0.1, -0.05) is 23.7 Å². The van der Waals surface area contributed by atoms with E-state index < -0.39 is 5.24 Å². The van der Waals surface area contributed by atoms with Crippen LogP contribution in [0.25, 0.3) is 11.0 Å². The van der Waals surface area contributed by atoms with Gasteiger partial charge in [0, 0.05) is 0 Å². The molecule has 2 aromatic rings. The molecule has 1 aromatic heterocycles. The predicted octanol–water partition coefficient (Wildman–Crippen LogP) is 2.66. The minimum Gasteiger partial charge on any atom is -0.274 e. The average Bonchev–Trinajstić information content (AvgIpc) is 2.16. The third-order valence-electron chi connectivity index (χ3n) is 1.71. The molecule has 0 bridgehead atoms. The van der Waals surface area contributed by atoms with Gasteiger partial charge in [-0.05, 0) is 23.7 Å². The quantitative estimate of drug-likeness (QED) is 0.703. The van der Waals surface area contributed by atoms with Crippen molar-refractivity contribution in [3.63, 3.8) is 0 Å². The summed E-state index contributed by atoms with van der Waals surface area (Å²) in [6.45, 7) is 0. The lowest BCUT2D eigenvalue weighted by atomic mass is 10.3. The van der Waals surface area contributed by atoms with E-state index in [-0.39, 0.29) is 10.8 Å². The molecule has 0 amide bonds. The zero-order chi connectivity index (χ0) is 10.1. The number of carbonyl (C=O) groups is 1. The Labute approximate surface area is 89.7 Å². The Bertz CT molecular complexity index is 513. The van der Waals surface area contributed by atoms with E-state index >= 15 is 0 Å². The first-order valence-electron chi connectivity index (χ1n) is 3.80. The second-order valence-electron chi connectivity index (χ2n) is 2.63. The van der Waals surface area contributed by atoms with E-state index in [1.807, 2.05) is 6.07 Å². The number of rotatable bonds is 1. The predicted molar refractivity (Wildman–Crippen MR) is 54.7 cm³/mol. The average molecular weight is 227 g/mol. The number of carbonyl (C=O) groups excluding carboxylic acids is 1. The minimum atomic E-state index is -0.701. The monoisotopic (exact) mass is 226 g/mol. The summed E-state index contributed by atoms with van der Waals surface area (Å²) in [4.78, 5) is 18.9. The fourth-order valence-corrected chi connectivity index (χ4v) is 1.50. The molecule has 1 heterocycles. The van der Waals surface area contributed by atoms with E-state index in [0.29, 0.717) is 11.0 Å². The van der Waals surface area contributed by atoms with Crippen LogP contribution in [0.5, 0.6) is 0 Å². The Morgan fingerprint density at radius 1 is 1.14 bits per heavy atom. The third-order valence-corrected chi connectivity index (χ3v) is 2.16. The highest BCUT2D eigenvalue weighted by atomic mass is 35.5. The molecule has 0 spiro atoms. The van der Waals surface area contributed by atoms with Crippen LogP contribution in [0, 0.1) is 0 Å². The van der Waals surface area contributed by atoms with Gasteiger partial charge in [-0.15, -0.1) is 0 Å². The number of fused-ring (bicyclic) bond motifs is 1. The van der Waals surface area contributed by atoms with Crippen molar-refractivity contribution in [3.05, 3.63) is 35.1 Å². The van der Waals surface area contributed by atoms with Gasteiger partial charge in [0.1, 0.15) is 0 Å². The number of nitrogens with zero attached hydrogens (tertiary/aromatic N) is 2. The van der Waals surface area contributed by atoms with E-state index in [4.69, 9.17) is 23.2 Å². The van der Waals surface area contributed by atoms with E-state index in [1.54, 1.807) is 18.2 Å². The SMILES string of the molecule is O=C(Cl)c1nc2ccccc2nc1Cl. The molecule has 3 nitrogen and oxygen atoms in total. The molecule has 0 fully saturated rings. The number of benzene rings is 1. The minimum absolute atomic E-state index is 0.00738. The zero-order valence-electron chi connectivity index (χ0n) is 6.87. The molecule has 0 unspecified atom stereocenters. The Morgan fingerprint density at radius 2 is 1.71 bits per heavy atom. The van der Waals surface area contributed by atoms with Crippen LogP contribution in [0.4, 0.5) is 0 Å². The zero-order valence-corrected chi connectivity index (χ0v) is 8.38. The van der Waals surface area contributed by atoms with Crippen LogP contribution >= 0.6 is 23.2 Å². The maximum absolute atomic E-state index is 10.9. The van der Waals surface area contributed by atoms with Crippen molar-refractivity contribution in [1.82, 2.24) is 9.97 Å². The highest BCUT2D eigenvalue weighted by molar-refractivity contribution is 6.68. The summed E-state index contributed by atoms with van der Waals surface area (Å²) in [5.74, 6) is 0. The standard InChI is InChI=1S/C9H4Cl2N2O/c10-8-7(9(11)14)12-5-3-1-2-4-6(5)13-8/h1-4H. The van der Waals surface area contributed by atoms with Gasteiger partial charge in [0.15, 0.2) is 10.8 Å². The van der Waals surface area contributed by atoms with Gasteiger partial charge in [-0.3, -0.25) is 4.79 Å². The van der Waals surface area contributed by atoms with Gasteiger partial charge in [-0.2, -0.15) is 0 Å². The Balaban J connectivity index is 2.77. The van der Waals surface area contributed by atoms with Crippen LogP contribution in [0.2, 0.25) is 5.15 Å². The molecule has 14 heavy (non-hydrogen) atoms. The Hall–Kier alpha value is -1.19. The summed E-state index contributed by atoms with van der Waals surface area (Å²) in [5.41, 5.74) is 1.23. The van der Waals surface area contributed by atoms with E-state index in [1.165, 1.54) is 0 Å². The lowest BCUT2D eigenvalue weighted by Gasteiger charge is -1.99. The maximum Gasteiger partial charge on any atom is 0.274 e. The molecule has 1 aromatic carbocycles. The summed E-state index contributed by atoms with van der Waals surface area (Å²) >= 11 is 11.0. The van der Waals surface area contributed by atoms with E-state index in [2.05, 4.69) is 9.97 Å². The number of aromatic nitrogens is 2. The summed E-state index contributed by atoms with van der Waals surface area (Å²) in [5, 5.41) is -0.669. The summed E-state index contributed by atoms with van der Waals surface area (Å²) in [6.07, 6.45) is 0. The Morgan fingerprint density at radius 3 is 2.29 bits per heavy atom. The molecule has 0 aliphatic rings. The first-order chi connectivity index (χ1) is 6.68. The topological polar surface area (TPSA) is 42.9 Å². The van der Waals surface area contributed by atoms with E-state index in [0.717, 1.165) is 0 Å². The largest absolute Gasteiger partial charge is 0.274 e. The molecule has 0 aliphatic heterocycles. The van der Waals surface area contributed by atoms with Crippen molar-refractivity contribution < 1.29 is 4.79 Å². The van der Waals surface area contributed by atoms with Gasteiger partial charge in [0.2, 0.25) is 0 Å². The molecule has 70 valence electrons. The molecular formula is C9H4Cl2N2O. The first kappa shape index (κ1) is 9.37. The smallest absolute Gasteiger partial charge is 0.274 e. The van der Waals surface area contributed by atoms with Gasteiger partial charge >= 0.3 is 0 Å². The lowest BCUT2D eigenvalue weighted by molar-refractivity contribution is 0.107. The van der Waals surface area contributed by atoms with Crippen LogP contribution in [0.15, 0.2) is 24.3 Å². The van der Waals surface area contributed by atoms with Gasteiger partial charge in [-0.25, -0.2) is 9.97 Å². The lowest BCUT2D eigenvalue weighted by Crippen LogP contribution is -1.98. The van der Waals surface area contributed by atoms with Crippen LogP contribution < -0.4 is 0 Å². The normalized spacial score (nSPS) is 10.4. The molecule has 2 rings (SSSR count). The summed E-state index contributed by atoms with van der Waals surface area (Å²) in [6, 6.07) is 7.11. The molecule has 0 N–H and O–H groups in total. The van der Waals surface area contributed by atoms with Gasteiger partial charge in [0.25, 0.3) is 5.24 Å². The first-order valence-corrected chi connectivity index (χ1v) is 4.56. The van der Waals surface area contributed by atoms with Crippen molar-refractivity contribution in [2.24, 2.45) is 0 Å². The molecule has 0 saturated heterocycles. The molecule has 0 saturated carbocycles. The van der Waals surface area contributed by atoms with Crippen LogP contribution in [-0.2, 0) is 0 Å². The van der Waals surface area contributed by atoms with Crippen LogP contribution in [0.1, 0.15) is 10.5 Å². The van der Waals surface area contributed by atoms with Crippen LogP contribution in [-0.4, -0.2) is 15.2 Å². The Kier molecular flexibility index (Phi) is 2.35. The van der Waals surface area contributed by atoms with E-state index in [9.17, 15) is 4.79 Å². The summed E-state index contributed by atoms with van der Waals surface area (Å²) < 4.78 is 0. The molecule has 0 atom stereocenters. The highest BCUT2D eigenvalue weighted by Gasteiger charge is 2.11. The molecular weight excluding hydrogens is 223 g/mol. The van der Waals surface area contributed by atoms with Gasteiger partial charge in [0.05, 0.1) is 11.0 Å². The fourth-order valence-electron chi connectivity index (χ4n) is 1.10. The number of hydrogen-bond acceptors (Lipinski definition) is 3. The van der Waals surface area contributed by atoms with Crippen molar-refractivity contribution in [1.29, 1.82) is 0 Å². The van der Waals surface area contributed by atoms with Crippen molar-refractivity contribution in [3.8, 4) is 0 Å². The summed E-state index contributed by atoms with van der Waals surface area (Å²) in [7, 11) is 0. The fraction of sp³-hybridized carbons (Fsp3) is 0. The maximum atomic E-state index is 10.9. The van der Waals surface area contributed by atoms with Crippen molar-refractivity contribution >= 4 is 39.5 Å².